The fourth-order valence-corrected chi connectivity index (χ4v) is 2.49. The number of hydrogen-bond acceptors (Lipinski definition) is 4. The lowest BCUT2D eigenvalue weighted by Gasteiger charge is -2.05. The highest BCUT2D eigenvalue weighted by Crippen LogP contribution is 2.31. The second kappa shape index (κ2) is 7.45. The third-order valence-electron chi connectivity index (χ3n) is 3.79. The number of phenolic OH excluding ortho intramolecular Hbond substituents is 1. The largest absolute Gasteiger partial charge is 0.506 e. The molecule has 0 unspecified atom stereocenters. The van der Waals surface area contributed by atoms with Crippen LogP contribution < -0.4 is 0 Å². The number of carbonyl (C=O) groups excluding carboxylic acids is 1. The minimum atomic E-state index is -0.425. The van der Waals surface area contributed by atoms with Gasteiger partial charge in [0.25, 0.3) is 0 Å². The van der Waals surface area contributed by atoms with Crippen molar-refractivity contribution in [3.05, 3.63) is 83.9 Å². The van der Waals surface area contributed by atoms with Crippen molar-refractivity contribution in [2.75, 3.05) is 7.11 Å². The van der Waals surface area contributed by atoms with Gasteiger partial charge in [-0.25, -0.2) is 4.79 Å². The lowest BCUT2D eigenvalue weighted by atomic mass is 10.0. The molecule has 0 saturated carbocycles. The van der Waals surface area contributed by atoms with E-state index in [9.17, 15) is 9.90 Å². The van der Waals surface area contributed by atoms with Gasteiger partial charge < -0.3 is 9.84 Å². The van der Waals surface area contributed by atoms with Crippen molar-refractivity contribution in [1.29, 1.82) is 0 Å². The molecule has 0 heterocycles. The summed E-state index contributed by atoms with van der Waals surface area (Å²) >= 11 is 0. The first-order valence-corrected chi connectivity index (χ1v) is 7.79. The van der Waals surface area contributed by atoms with Gasteiger partial charge in [-0.15, -0.1) is 0 Å². The fraction of sp³-hybridized carbons (Fsp3) is 0.0476. The molecule has 25 heavy (non-hydrogen) atoms. The number of phenols is 1. The Hall–Kier alpha value is -3.40. The van der Waals surface area contributed by atoms with Gasteiger partial charge in [0.05, 0.1) is 12.7 Å². The molecule has 4 nitrogen and oxygen atoms in total. The van der Waals surface area contributed by atoms with Gasteiger partial charge in [0.2, 0.25) is 0 Å². The second-order valence-electron chi connectivity index (χ2n) is 5.41. The van der Waals surface area contributed by atoms with Gasteiger partial charge in [-0.05, 0) is 29.3 Å². The quantitative estimate of drug-likeness (QED) is 0.561. The van der Waals surface area contributed by atoms with Crippen molar-refractivity contribution in [1.82, 2.24) is 0 Å². The van der Waals surface area contributed by atoms with Crippen LogP contribution in [0.4, 0.5) is 5.69 Å². The SMILES string of the molecule is COC(=O)c1ccccc1C=Nc1ccc(-c2ccccc2)cc1O. The van der Waals surface area contributed by atoms with Crippen molar-refractivity contribution in [2.24, 2.45) is 4.99 Å². The highest BCUT2D eigenvalue weighted by atomic mass is 16.5. The molecule has 3 rings (SSSR count). The van der Waals surface area contributed by atoms with Crippen LogP contribution in [-0.2, 0) is 4.74 Å². The molecule has 0 aromatic heterocycles. The molecule has 4 heteroatoms. The van der Waals surface area contributed by atoms with Gasteiger partial charge in [-0.3, -0.25) is 4.99 Å². The first-order valence-electron chi connectivity index (χ1n) is 7.79. The molecule has 0 aliphatic rings. The van der Waals surface area contributed by atoms with Crippen LogP contribution in [0.25, 0.3) is 11.1 Å². The Morgan fingerprint density at radius 1 is 0.960 bits per heavy atom. The number of rotatable bonds is 4. The maximum atomic E-state index is 11.8. The van der Waals surface area contributed by atoms with Crippen LogP contribution in [0, 0.1) is 0 Å². The summed E-state index contributed by atoms with van der Waals surface area (Å²) in [4.78, 5) is 16.1. The molecule has 0 saturated heterocycles. The van der Waals surface area contributed by atoms with Gasteiger partial charge in [-0.2, -0.15) is 0 Å². The van der Waals surface area contributed by atoms with Crippen LogP contribution in [-0.4, -0.2) is 24.4 Å². The number of benzene rings is 3. The summed E-state index contributed by atoms with van der Waals surface area (Å²) in [6.07, 6.45) is 1.55. The standard InChI is InChI=1S/C21H17NO3/c1-25-21(24)18-10-6-5-9-17(18)14-22-19-12-11-16(13-20(19)23)15-7-3-2-4-8-15/h2-14,23H,1H3. The van der Waals surface area contributed by atoms with E-state index in [0.29, 0.717) is 16.8 Å². The van der Waals surface area contributed by atoms with Gasteiger partial charge in [0.1, 0.15) is 11.4 Å². The Bertz CT molecular complexity index is 917. The second-order valence-corrected chi connectivity index (χ2v) is 5.41. The topological polar surface area (TPSA) is 58.9 Å². The molecule has 0 spiro atoms. The number of esters is 1. The summed E-state index contributed by atoms with van der Waals surface area (Å²) in [5, 5.41) is 10.2. The average molecular weight is 331 g/mol. The number of nitrogens with zero attached hydrogens (tertiary/aromatic N) is 1. The first kappa shape index (κ1) is 16.5. The van der Waals surface area contributed by atoms with E-state index >= 15 is 0 Å². The Morgan fingerprint density at radius 2 is 1.68 bits per heavy atom. The van der Waals surface area contributed by atoms with Gasteiger partial charge in [-0.1, -0.05) is 54.6 Å². The van der Waals surface area contributed by atoms with Crippen molar-refractivity contribution >= 4 is 17.9 Å². The van der Waals surface area contributed by atoms with Gasteiger partial charge in [0.15, 0.2) is 0 Å². The summed E-state index contributed by atoms with van der Waals surface area (Å²) in [7, 11) is 1.34. The summed E-state index contributed by atoms with van der Waals surface area (Å²) in [5.74, 6) is -0.348. The molecule has 0 amide bonds. The monoisotopic (exact) mass is 331 g/mol. The van der Waals surface area contributed by atoms with Crippen LogP contribution in [0.15, 0.2) is 77.8 Å². The summed E-state index contributed by atoms with van der Waals surface area (Å²) in [5.41, 5.74) is 3.41. The lowest BCUT2D eigenvalue weighted by Crippen LogP contribution is -2.04. The van der Waals surface area contributed by atoms with E-state index < -0.39 is 5.97 Å². The summed E-state index contributed by atoms with van der Waals surface area (Å²) in [6.45, 7) is 0. The van der Waals surface area contributed by atoms with Crippen molar-refractivity contribution in [3.8, 4) is 16.9 Å². The van der Waals surface area contributed by atoms with E-state index in [2.05, 4.69) is 4.99 Å². The third-order valence-corrected chi connectivity index (χ3v) is 3.79. The predicted octanol–water partition coefficient (Wildman–Crippen LogP) is 4.60. The molecule has 1 N–H and O–H groups in total. The predicted molar refractivity (Wildman–Crippen MR) is 98.6 cm³/mol. The van der Waals surface area contributed by atoms with Gasteiger partial charge >= 0.3 is 5.97 Å². The molecule has 0 aliphatic carbocycles. The Kier molecular flexibility index (Phi) is 4.90. The maximum absolute atomic E-state index is 11.8. The van der Waals surface area contributed by atoms with Crippen molar-refractivity contribution in [2.45, 2.75) is 0 Å². The summed E-state index contributed by atoms with van der Waals surface area (Å²) < 4.78 is 4.77. The summed E-state index contributed by atoms with van der Waals surface area (Å²) in [6, 6.07) is 22.1. The number of carbonyl (C=O) groups is 1. The van der Waals surface area contributed by atoms with E-state index in [0.717, 1.165) is 11.1 Å². The Labute approximate surface area is 146 Å². The molecular weight excluding hydrogens is 314 g/mol. The number of aliphatic imine (C=N–C) groups is 1. The third kappa shape index (κ3) is 3.75. The minimum absolute atomic E-state index is 0.0770. The highest BCUT2D eigenvalue weighted by molar-refractivity contribution is 6.00. The Morgan fingerprint density at radius 3 is 2.40 bits per heavy atom. The van der Waals surface area contributed by atoms with E-state index in [1.165, 1.54) is 7.11 Å². The van der Waals surface area contributed by atoms with Crippen LogP contribution in [0.1, 0.15) is 15.9 Å². The molecule has 124 valence electrons. The normalized spacial score (nSPS) is 10.8. The average Bonchev–Trinajstić information content (AvgIpc) is 2.67. The first-order chi connectivity index (χ1) is 12.2. The number of ether oxygens (including phenoxy) is 1. The highest BCUT2D eigenvalue weighted by Gasteiger charge is 2.09. The molecule has 3 aromatic rings. The molecular formula is C21H17NO3. The minimum Gasteiger partial charge on any atom is -0.506 e. The zero-order chi connectivity index (χ0) is 17.6. The van der Waals surface area contributed by atoms with Crippen LogP contribution >= 0.6 is 0 Å². The van der Waals surface area contributed by atoms with Crippen molar-refractivity contribution < 1.29 is 14.6 Å². The van der Waals surface area contributed by atoms with Crippen LogP contribution in [0.3, 0.4) is 0 Å². The van der Waals surface area contributed by atoms with E-state index in [-0.39, 0.29) is 5.75 Å². The number of methoxy groups -OCH3 is 1. The molecule has 0 bridgehead atoms. The molecule has 0 aliphatic heterocycles. The molecule has 0 atom stereocenters. The molecule has 0 radical (unpaired) electrons. The van der Waals surface area contributed by atoms with Crippen molar-refractivity contribution in [3.63, 3.8) is 0 Å². The molecule has 3 aromatic carbocycles. The Balaban J connectivity index is 1.89. The van der Waals surface area contributed by atoms with Gasteiger partial charge in [0, 0.05) is 11.8 Å². The zero-order valence-electron chi connectivity index (χ0n) is 13.7. The smallest absolute Gasteiger partial charge is 0.338 e. The van der Waals surface area contributed by atoms with E-state index in [4.69, 9.17) is 4.74 Å². The van der Waals surface area contributed by atoms with E-state index in [1.807, 2.05) is 42.5 Å². The maximum Gasteiger partial charge on any atom is 0.338 e. The molecule has 0 fully saturated rings. The van der Waals surface area contributed by atoms with E-state index in [1.54, 1.807) is 36.5 Å². The van der Waals surface area contributed by atoms with Crippen LogP contribution in [0.2, 0.25) is 0 Å². The zero-order valence-corrected chi connectivity index (χ0v) is 13.7. The fourth-order valence-electron chi connectivity index (χ4n) is 2.49. The number of aromatic hydroxyl groups is 1. The van der Waals surface area contributed by atoms with Crippen LogP contribution in [0.5, 0.6) is 5.75 Å². The number of hydrogen-bond donors (Lipinski definition) is 1. The lowest BCUT2D eigenvalue weighted by molar-refractivity contribution is 0.0600.